The number of hydrogen-bond acceptors (Lipinski definition) is 3. The van der Waals surface area contributed by atoms with Crippen LogP contribution < -0.4 is 5.32 Å². The van der Waals surface area contributed by atoms with Gasteiger partial charge in [0.15, 0.2) is 0 Å². The van der Waals surface area contributed by atoms with Crippen LogP contribution in [0.4, 0.5) is 0 Å². The Morgan fingerprint density at radius 3 is 2.80 bits per heavy atom. The molecule has 0 aromatic carbocycles. The van der Waals surface area contributed by atoms with E-state index >= 15 is 0 Å². The Kier molecular flexibility index (Phi) is 4.67. The summed E-state index contributed by atoms with van der Waals surface area (Å²) in [6, 6.07) is 0. The summed E-state index contributed by atoms with van der Waals surface area (Å²) in [4.78, 5) is 1.24. The summed E-state index contributed by atoms with van der Waals surface area (Å²) < 4.78 is 1.84. The van der Waals surface area contributed by atoms with Gasteiger partial charge in [-0.3, -0.25) is 4.68 Å². The molecule has 0 aliphatic carbocycles. The molecule has 1 rings (SSSR count). The van der Waals surface area contributed by atoms with Crippen molar-refractivity contribution >= 4 is 11.8 Å². The standard InChI is InChI=1S/C11H21N3S/c1-5-11(2,3)12-6-7-15-10-8-13-14(4)9-10/h8-9,12H,5-7H2,1-4H3. The molecule has 1 aromatic heterocycles. The molecular formula is C11H21N3S. The van der Waals surface area contributed by atoms with Crippen molar-refractivity contribution in [1.82, 2.24) is 15.1 Å². The van der Waals surface area contributed by atoms with Crippen molar-refractivity contribution in [3.8, 4) is 0 Å². The molecular weight excluding hydrogens is 206 g/mol. The molecule has 0 saturated carbocycles. The second kappa shape index (κ2) is 5.56. The van der Waals surface area contributed by atoms with Crippen LogP contribution in [0.1, 0.15) is 27.2 Å². The monoisotopic (exact) mass is 227 g/mol. The normalized spacial score (nSPS) is 12.0. The highest BCUT2D eigenvalue weighted by Gasteiger charge is 2.12. The maximum Gasteiger partial charge on any atom is 0.0625 e. The quantitative estimate of drug-likeness (QED) is 0.597. The topological polar surface area (TPSA) is 29.9 Å². The number of aromatic nitrogens is 2. The Bertz CT molecular complexity index is 294. The summed E-state index contributed by atoms with van der Waals surface area (Å²) in [6.45, 7) is 7.73. The maximum absolute atomic E-state index is 4.14. The molecule has 0 radical (unpaired) electrons. The van der Waals surface area contributed by atoms with Crippen molar-refractivity contribution in [3.05, 3.63) is 12.4 Å². The van der Waals surface area contributed by atoms with E-state index in [0.29, 0.717) is 0 Å². The molecule has 0 saturated heterocycles. The molecule has 86 valence electrons. The largest absolute Gasteiger partial charge is 0.311 e. The van der Waals surface area contributed by atoms with Gasteiger partial charge in [0.2, 0.25) is 0 Å². The van der Waals surface area contributed by atoms with Gasteiger partial charge >= 0.3 is 0 Å². The minimum absolute atomic E-state index is 0.259. The fourth-order valence-electron chi connectivity index (χ4n) is 1.16. The number of aryl methyl sites for hydroxylation is 1. The van der Waals surface area contributed by atoms with Crippen molar-refractivity contribution < 1.29 is 0 Å². The molecule has 0 amide bonds. The van der Waals surface area contributed by atoms with Crippen LogP contribution in [0.25, 0.3) is 0 Å². The van der Waals surface area contributed by atoms with Crippen molar-refractivity contribution in [2.24, 2.45) is 7.05 Å². The summed E-state index contributed by atoms with van der Waals surface area (Å²) in [5.41, 5.74) is 0.259. The Hall–Kier alpha value is -0.480. The number of hydrogen-bond donors (Lipinski definition) is 1. The maximum atomic E-state index is 4.14. The van der Waals surface area contributed by atoms with Crippen LogP contribution in [0.5, 0.6) is 0 Å². The Morgan fingerprint density at radius 1 is 1.53 bits per heavy atom. The summed E-state index contributed by atoms with van der Waals surface area (Å²) in [5.74, 6) is 1.09. The van der Waals surface area contributed by atoms with E-state index in [1.807, 2.05) is 29.7 Å². The Labute approximate surface area is 96.6 Å². The molecule has 4 heteroatoms. The molecule has 1 aromatic rings. The van der Waals surface area contributed by atoms with Gasteiger partial charge in [0, 0.05) is 36.0 Å². The summed E-state index contributed by atoms with van der Waals surface area (Å²) in [5, 5.41) is 7.67. The molecule has 0 aliphatic rings. The first-order valence-electron chi connectivity index (χ1n) is 5.40. The van der Waals surface area contributed by atoms with E-state index in [4.69, 9.17) is 0 Å². The first-order valence-corrected chi connectivity index (χ1v) is 6.38. The molecule has 1 heterocycles. The van der Waals surface area contributed by atoms with Crippen LogP contribution in [0.15, 0.2) is 17.3 Å². The number of nitrogens with one attached hydrogen (secondary N) is 1. The van der Waals surface area contributed by atoms with E-state index in [1.54, 1.807) is 0 Å². The molecule has 0 fully saturated rings. The van der Waals surface area contributed by atoms with Crippen LogP contribution >= 0.6 is 11.8 Å². The first kappa shape index (κ1) is 12.6. The van der Waals surface area contributed by atoms with Gasteiger partial charge in [0.1, 0.15) is 0 Å². The Balaban J connectivity index is 2.17. The SMILES string of the molecule is CCC(C)(C)NCCSc1cnn(C)c1. The average molecular weight is 227 g/mol. The zero-order valence-electron chi connectivity index (χ0n) is 10.1. The van der Waals surface area contributed by atoms with Crippen LogP contribution in [-0.2, 0) is 7.05 Å². The fourth-order valence-corrected chi connectivity index (χ4v) is 1.95. The smallest absolute Gasteiger partial charge is 0.0625 e. The number of nitrogens with zero attached hydrogens (tertiary/aromatic N) is 2. The van der Waals surface area contributed by atoms with Gasteiger partial charge in [-0.05, 0) is 20.3 Å². The van der Waals surface area contributed by atoms with Gasteiger partial charge in [-0.15, -0.1) is 11.8 Å². The summed E-state index contributed by atoms with van der Waals surface area (Å²) >= 11 is 1.85. The zero-order chi connectivity index (χ0) is 11.3. The minimum atomic E-state index is 0.259. The molecule has 1 N–H and O–H groups in total. The molecule has 0 bridgehead atoms. The summed E-state index contributed by atoms with van der Waals surface area (Å²) in [7, 11) is 1.95. The van der Waals surface area contributed by atoms with Crippen molar-refractivity contribution in [2.75, 3.05) is 12.3 Å². The van der Waals surface area contributed by atoms with E-state index in [-0.39, 0.29) is 5.54 Å². The van der Waals surface area contributed by atoms with Crippen LogP contribution in [0.3, 0.4) is 0 Å². The summed E-state index contributed by atoms with van der Waals surface area (Å²) in [6.07, 6.45) is 5.12. The third-order valence-corrected chi connectivity index (χ3v) is 3.49. The molecule has 15 heavy (non-hydrogen) atoms. The Morgan fingerprint density at radius 2 is 2.27 bits per heavy atom. The van der Waals surface area contributed by atoms with Gasteiger partial charge in [-0.2, -0.15) is 5.10 Å². The first-order chi connectivity index (χ1) is 7.03. The lowest BCUT2D eigenvalue weighted by Gasteiger charge is -2.24. The van der Waals surface area contributed by atoms with Gasteiger partial charge in [0.05, 0.1) is 6.20 Å². The van der Waals surface area contributed by atoms with Gasteiger partial charge < -0.3 is 5.32 Å². The molecule has 0 spiro atoms. The van der Waals surface area contributed by atoms with Crippen molar-refractivity contribution in [3.63, 3.8) is 0 Å². The van der Waals surface area contributed by atoms with Gasteiger partial charge in [-0.1, -0.05) is 6.92 Å². The number of thioether (sulfide) groups is 1. The second-order valence-electron chi connectivity index (χ2n) is 4.36. The molecule has 0 unspecified atom stereocenters. The van der Waals surface area contributed by atoms with Crippen LogP contribution in [0, 0.1) is 0 Å². The zero-order valence-corrected chi connectivity index (χ0v) is 10.9. The number of rotatable bonds is 6. The van der Waals surface area contributed by atoms with E-state index in [1.165, 1.54) is 4.90 Å². The second-order valence-corrected chi connectivity index (χ2v) is 5.53. The van der Waals surface area contributed by atoms with E-state index < -0.39 is 0 Å². The molecule has 0 aliphatic heterocycles. The van der Waals surface area contributed by atoms with E-state index in [9.17, 15) is 0 Å². The van der Waals surface area contributed by atoms with Gasteiger partial charge in [-0.25, -0.2) is 0 Å². The third kappa shape index (κ3) is 4.71. The highest BCUT2D eigenvalue weighted by atomic mass is 32.2. The lowest BCUT2D eigenvalue weighted by molar-refractivity contribution is 0.388. The predicted octanol–water partition coefficient (Wildman–Crippen LogP) is 2.29. The average Bonchev–Trinajstić information content (AvgIpc) is 2.59. The van der Waals surface area contributed by atoms with Crippen LogP contribution in [0.2, 0.25) is 0 Å². The molecule has 3 nitrogen and oxygen atoms in total. The fraction of sp³-hybridized carbons (Fsp3) is 0.727. The lowest BCUT2D eigenvalue weighted by atomic mass is 10.0. The van der Waals surface area contributed by atoms with Gasteiger partial charge in [0.25, 0.3) is 0 Å². The van der Waals surface area contributed by atoms with E-state index in [2.05, 4.69) is 37.4 Å². The molecule has 0 atom stereocenters. The lowest BCUT2D eigenvalue weighted by Crippen LogP contribution is -2.39. The highest BCUT2D eigenvalue weighted by molar-refractivity contribution is 7.99. The van der Waals surface area contributed by atoms with Crippen molar-refractivity contribution in [2.45, 2.75) is 37.6 Å². The minimum Gasteiger partial charge on any atom is -0.311 e. The van der Waals surface area contributed by atoms with Crippen LogP contribution in [-0.4, -0.2) is 27.6 Å². The van der Waals surface area contributed by atoms with E-state index in [0.717, 1.165) is 18.7 Å². The predicted molar refractivity (Wildman–Crippen MR) is 66.3 cm³/mol. The van der Waals surface area contributed by atoms with Crippen molar-refractivity contribution in [1.29, 1.82) is 0 Å². The highest BCUT2D eigenvalue weighted by Crippen LogP contribution is 2.16. The third-order valence-electron chi connectivity index (χ3n) is 2.54.